The SMILES string of the molecule is CC(=O)[C@H](Nc1cnc(C(N)=O)c(Nc2cc(C)cc(C)c2)n1)C(C)C. The number of hydrogen-bond acceptors (Lipinski definition) is 6. The Morgan fingerprint density at radius 1 is 1.12 bits per heavy atom. The van der Waals surface area contributed by atoms with Crippen LogP contribution in [0.15, 0.2) is 24.4 Å². The number of carbonyl (C=O) groups excluding carboxylic acids is 2. The number of aryl methyl sites for hydroxylation is 2. The molecule has 26 heavy (non-hydrogen) atoms. The minimum atomic E-state index is -0.678. The smallest absolute Gasteiger partial charge is 0.271 e. The summed E-state index contributed by atoms with van der Waals surface area (Å²) in [5.41, 5.74) is 8.39. The van der Waals surface area contributed by atoms with E-state index in [2.05, 4.69) is 20.6 Å². The molecule has 0 unspecified atom stereocenters. The Bertz CT molecular complexity index is 812. The predicted molar refractivity (Wildman–Crippen MR) is 103 cm³/mol. The van der Waals surface area contributed by atoms with Crippen LogP contribution in [0.2, 0.25) is 0 Å². The number of carbonyl (C=O) groups is 2. The largest absolute Gasteiger partial charge is 0.364 e. The zero-order valence-corrected chi connectivity index (χ0v) is 15.8. The molecule has 1 heterocycles. The van der Waals surface area contributed by atoms with Gasteiger partial charge in [-0.2, -0.15) is 0 Å². The lowest BCUT2D eigenvalue weighted by atomic mass is 10.0. The maximum atomic E-state index is 11.8. The van der Waals surface area contributed by atoms with Gasteiger partial charge in [0.25, 0.3) is 5.91 Å². The number of anilines is 3. The molecular formula is C19H25N5O2. The fourth-order valence-electron chi connectivity index (χ4n) is 2.81. The molecule has 0 aliphatic heterocycles. The van der Waals surface area contributed by atoms with E-state index in [9.17, 15) is 9.59 Å². The van der Waals surface area contributed by atoms with Crippen LogP contribution in [0.1, 0.15) is 42.4 Å². The summed E-state index contributed by atoms with van der Waals surface area (Å²) in [6.07, 6.45) is 1.41. The van der Waals surface area contributed by atoms with Crippen molar-refractivity contribution in [3.63, 3.8) is 0 Å². The van der Waals surface area contributed by atoms with Gasteiger partial charge in [-0.15, -0.1) is 0 Å². The summed E-state index contributed by atoms with van der Waals surface area (Å²) >= 11 is 0. The highest BCUT2D eigenvalue weighted by molar-refractivity contribution is 5.96. The Morgan fingerprint density at radius 2 is 1.73 bits per heavy atom. The molecule has 138 valence electrons. The van der Waals surface area contributed by atoms with Crippen molar-refractivity contribution in [3.05, 3.63) is 41.2 Å². The third-order valence-electron chi connectivity index (χ3n) is 3.90. The molecule has 7 nitrogen and oxygen atoms in total. The molecule has 0 saturated carbocycles. The van der Waals surface area contributed by atoms with E-state index < -0.39 is 11.9 Å². The van der Waals surface area contributed by atoms with Crippen molar-refractivity contribution in [3.8, 4) is 0 Å². The number of nitrogens with zero attached hydrogens (tertiary/aromatic N) is 2. The first-order chi connectivity index (χ1) is 12.2. The van der Waals surface area contributed by atoms with Gasteiger partial charge in [-0.3, -0.25) is 9.59 Å². The van der Waals surface area contributed by atoms with E-state index in [4.69, 9.17) is 5.73 Å². The van der Waals surface area contributed by atoms with Crippen molar-refractivity contribution in [1.82, 2.24) is 9.97 Å². The highest BCUT2D eigenvalue weighted by Gasteiger charge is 2.20. The highest BCUT2D eigenvalue weighted by Crippen LogP contribution is 2.22. The second kappa shape index (κ2) is 7.95. The van der Waals surface area contributed by atoms with Crippen LogP contribution in [0.5, 0.6) is 0 Å². The van der Waals surface area contributed by atoms with E-state index in [1.807, 2.05) is 45.9 Å². The molecule has 0 aliphatic carbocycles. The quantitative estimate of drug-likeness (QED) is 0.704. The second-order valence-electron chi connectivity index (χ2n) is 6.79. The van der Waals surface area contributed by atoms with Crippen LogP contribution in [-0.4, -0.2) is 27.7 Å². The number of aromatic nitrogens is 2. The minimum absolute atomic E-state index is 0.00426. The van der Waals surface area contributed by atoms with Gasteiger partial charge >= 0.3 is 0 Å². The van der Waals surface area contributed by atoms with Crippen molar-refractivity contribution < 1.29 is 9.59 Å². The fraction of sp³-hybridized carbons (Fsp3) is 0.368. The Balaban J connectivity index is 2.39. The van der Waals surface area contributed by atoms with Crippen LogP contribution in [0, 0.1) is 19.8 Å². The molecule has 7 heteroatoms. The minimum Gasteiger partial charge on any atom is -0.364 e. The molecule has 4 N–H and O–H groups in total. The summed E-state index contributed by atoms with van der Waals surface area (Å²) in [6, 6.07) is 5.53. The van der Waals surface area contributed by atoms with Gasteiger partial charge < -0.3 is 16.4 Å². The molecule has 1 aromatic heterocycles. The van der Waals surface area contributed by atoms with Gasteiger partial charge in [-0.05, 0) is 49.9 Å². The number of nitrogens with one attached hydrogen (secondary N) is 2. The first-order valence-corrected chi connectivity index (χ1v) is 8.46. The fourth-order valence-corrected chi connectivity index (χ4v) is 2.81. The first kappa shape index (κ1) is 19.4. The van der Waals surface area contributed by atoms with Gasteiger partial charge in [0.2, 0.25) is 0 Å². The summed E-state index contributed by atoms with van der Waals surface area (Å²) in [5.74, 6) is 0.0581. The maximum Gasteiger partial charge on any atom is 0.271 e. The zero-order chi connectivity index (χ0) is 19.4. The lowest BCUT2D eigenvalue weighted by Gasteiger charge is -2.20. The summed E-state index contributed by atoms with van der Waals surface area (Å²) < 4.78 is 0. The molecule has 0 spiro atoms. The van der Waals surface area contributed by atoms with Crippen LogP contribution < -0.4 is 16.4 Å². The number of ketones is 1. The summed E-state index contributed by atoms with van der Waals surface area (Å²) in [4.78, 5) is 32.0. The lowest BCUT2D eigenvalue weighted by molar-refractivity contribution is -0.118. The molecule has 1 aromatic carbocycles. The monoisotopic (exact) mass is 355 g/mol. The number of rotatable bonds is 7. The predicted octanol–water partition coefficient (Wildman–Crippen LogP) is 2.96. The van der Waals surface area contributed by atoms with Crippen LogP contribution in [0.25, 0.3) is 0 Å². The van der Waals surface area contributed by atoms with Crippen LogP contribution in [0.4, 0.5) is 17.3 Å². The number of Topliss-reactive ketones (excluding diaryl/α,β-unsaturated/α-hetero) is 1. The summed E-state index contributed by atoms with van der Waals surface area (Å²) in [6.45, 7) is 9.38. The summed E-state index contributed by atoms with van der Waals surface area (Å²) in [7, 11) is 0. The van der Waals surface area contributed by atoms with Gasteiger partial charge in [-0.1, -0.05) is 19.9 Å². The molecule has 0 bridgehead atoms. The molecule has 1 atom stereocenters. The van der Waals surface area contributed by atoms with E-state index in [1.54, 1.807) is 0 Å². The number of amides is 1. The average Bonchev–Trinajstić information content (AvgIpc) is 2.50. The number of primary amides is 1. The van der Waals surface area contributed by atoms with E-state index in [0.29, 0.717) is 5.82 Å². The van der Waals surface area contributed by atoms with Crippen molar-refractivity contribution in [2.75, 3.05) is 10.6 Å². The third-order valence-corrected chi connectivity index (χ3v) is 3.90. The molecular weight excluding hydrogens is 330 g/mol. The first-order valence-electron chi connectivity index (χ1n) is 8.46. The van der Waals surface area contributed by atoms with Gasteiger partial charge in [0, 0.05) is 5.69 Å². The van der Waals surface area contributed by atoms with Crippen LogP contribution >= 0.6 is 0 Å². The van der Waals surface area contributed by atoms with Crippen molar-refractivity contribution in [1.29, 1.82) is 0 Å². The number of hydrogen-bond donors (Lipinski definition) is 3. The second-order valence-corrected chi connectivity index (χ2v) is 6.79. The van der Waals surface area contributed by atoms with Crippen LogP contribution in [0.3, 0.4) is 0 Å². The molecule has 2 aromatic rings. The summed E-state index contributed by atoms with van der Waals surface area (Å²) in [5, 5.41) is 6.19. The Hall–Kier alpha value is -2.96. The van der Waals surface area contributed by atoms with E-state index >= 15 is 0 Å². The topological polar surface area (TPSA) is 110 Å². The average molecular weight is 355 g/mol. The molecule has 1 amide bonds. The van der Waals surface area contributed by atoms with Gasteiger partial charge in [0.05, 0.1) is 12.2 Å². The van der Waals surface area contributed by atoms with E-state index in [0.717, 1.165) is 16.8 Å². The van der Waals surface area contributed by atoms with Crippen molar-refractivity contribution in [2.45, 2.75) is 40.7 Å². The van der Waals surface area contributed by atoms with Crippen LogP contribution in [-0.2, 0) is 4.79 Å². The van der Waals surface area contributed by atoms with Gasteiger partial charge in [-0.25, -0.2) is 9.97 Å². The lowest BCUT2D eigenvalue weighted by Crippen LogP contribution is -2.33. The molecule has 0 radical (unpaired) electrons. The Kier molecular flexibility index (Phi) is 5.92. The number of benzene rings is 1. The molecule has 0 aliphatic rings. The zero-order valence-electron chi connectivity index (χ0n) is 15.8. The third kappa shape index (κ3) is 4.78. The van der Waals surface area contributed by atoms with Gasteiger partial charge in [0.1, 0.15) is 5.82 Å². The Morgan fingerprint density at radius 3 is 2.23 bits per heavy atom. The number of nitrogens with two attached hydrogens (primary N) is 1. The standard InChI is InChI=1S/C19H25N5O2/c1-10(2)16(13(5)25)23-15-9-21-17(18(20)26)19(24-15)22-14-7-11(3)6-12(4)8-14/h6-10,16H,1-5H3,(H2,20,26)(H2,22,23,24)/t16-/m1/s1. The normalized spacial score (nSPS) is 11.9. The Labute approximate surface area is 153 Å². The van der Waals surface area contributed by atoms with E-state index in [1.165, 1.54) is 13.1 Å². The molecule has 0 fully saturated rings. The maximum absolute atomic E-state index is 11.8. The highest BCUT2D eigenvalue weighted by atomic mass is 16.1. The van der Waals surface area contributed by atoms with Crippen molar-refractivity contribution in [2.24, 2.45) is 11.7 Å². The molecule has 2 rings (SSSR count). The molecule has 0 saturated heterocycles. The van der Waals surface area contributed by atoms with E-state index in [-0.39, 0.29) is 23.2 Å². The van der Waals surface area contributed by atoms with Gasteiger partial charge in [0.15, 0.2) is 17.3 Å². The van der Waals surface area contributed by atoms with Crippen molar-refractivity contribution >= 4 is 29.0 Å².